The maximum absolute atomic E-state index is 13.6. The number of hydrogen-bond acceptors (Lipinski definition) is 3. The van der Waals surface area contributed by atoms with Crippen LogP contribution in [0.15, 0.2) is 66.9 Å². The molecule has 196 valence electrons. The van der Waals surface area contributed by atoms with Crippen LogP contribution in [-0.4, -0.2) is 33.6 Å². The number of rotatable bonds is 5. The molecule has 0 spiro atoms. The lowest BCUT2D eigenvalue weighted by atomic mass is 10.0. The Balaban J connectivity index is 1.43. The number of carbonyl (C=O) groups excluding carboxylic acids is 1. The van der Waals surface area contributed by atoms with Crippen LogP contribution in [0.4, 0.5) is 18.0 Å². The standard InChI is InChI=1S/C28H23Cl2F3N4O/c29-21-6-3-18(4-7-21)2-1-12-36-13-10-24-23(17-36)22-8-5-20(28(31,32)33)15-25(22)37(24)27(38)35-16-19-9-11-34-26(30)14-19/h1-9,11,14-15H,10,12-13,16-17H2,(H,35,38). The summed E-state index contributed by atoms with van der Waals surface area (Å²) in [5.74, 6) is 0. The van der Waals surface area contributed by atoms with Crippen molar-refractivity contribution >= 4 is 46.2 Å². The SMILES string of the molecule is O=C(NCc1ccnc(Cl)c1)n1c2c(c3ccc(C(F)(F)F)cc31)CN(CC=Cc1ccc(Cl)cc1)CC2. The van der Waals surface area contributed by atoms with Crippen molar-refractivity contribution in [3.63, 3.8) is 0 Å². The molecule has 1 aliphatic heterocycles. The van der Waals surface area contributed by atoms with Crippen molar-refractivity contribution in [2.45, 2.75) is 25.7 Å². The van der Waals surface area contributed by atoms with E-state index in [1.807, 2.05) is 36.4 Å². The Bertz CT molecular complexity index is 1510. The highest BCUT2D eigenvalue weighted by Crippen LogP contribution is 2.36. The van der Waals surface area contributed by atoms with Crippen LogP contribution in [0.2, 0.25) is 10.2 Å². The molecular formula is C28H23Cl2F3N4O. The van der Waals surface area contributed by atoms with Crippen molar-refractivity contribution in [3.05, 3.63) is 105 Å². The van der Waals surface area contributed by atoms with Gasteiger partial charge in [-0.3, -0.25) is 9.47 Å². The Morgan fingerprint density at radius 3 is 2.61 bits per heavy atom. The van der Waals surface area contributed by atoms with E-state index in [9.17, 15) is 18.0 Å². The smallest absolute Gasteiger partial charge is 0.333 e. The average Bonchev–Trinajstić information content (AvgIpc) is 3.21. The number of nitrogens with zero attached hydrogens (tertiary/aromatic N) is 3. The Morgan fingerprint density at radius 1 is 1.08 bits per heavy atom. The number of fused-ring (bicyclic) bond motifs is 3. The number of alkyl halides is 3. The van der Waals surface area contributed by atoms with E-state index in [0.717, 1.165) is 34.5 Å². The van der Waals surface area contributed by atoms with E-state index in [4.69, 9.17) is 23.2 Å². The zero-order chi connectivity index (χ0) is 26.9. The van der Waals surface area contributed by atoms with Crippen molar-refractivity contribution in [1.82, 2.24) is 19.8 Å². The minimum absolute atomic E-state index is 0.163. The Kier molecular flexibility index (Phi) is 7.47. The molecule has 5 rings (SSSR count). The Hall–Kier alpha value is -3.33. The Labute approximate surface area is 227 Å². The summed E-state index contributed by atoms with van der Waals surface area (Å²) in [6.45, 7) is 2.00. The van der Waals surface area contributed by atoms with Gasteiger partial charge in [-0.1, -0.05) is 53.6 Å². The molecule has 0 bridgehead atoms. The topological polar surface area (TPSA) is 50.2 Å². The third kappa shape index (κ3) is 5.72. The molecule has 4 aromatic rings. The molecule has 1 aliphatic rings. The number of hydrogen-bond donors (Lipinski definition) is 1. The van der Waals surface area contributed by atoms with Gasteiger partial charge in [-0.15, -0.1) is 0 Å². The van der Waals surface area contributed by atoms with Crippen molar-refractivity contribution in [3.8, 4) is 0 Å². The molecule has 0 radical (unpaired) electrons. The summed E-state index contributed by atoms with van der Waals surface area (Å²) in [7, 11) is 0. The summed E-state index contributed by atoms with van der Waals surface area (Å²) in [4.78, 5) is 19.5. The van der Waals surface area contributed by atoms with E-state index in [0.29, 0.717) is 41.6 Å². The predicted octanol–water partition coefficient (Wildman–Crippen LogP) is 7.19. The monoisotopic (exact) mass is 558 g/mol. The highest BCUT2D eigenvalue weighted by molar-refractivity contribution is 6.30. The number of benzene rings is 2. The van der Waals surface area contributed by atoms with Gasteiger partial charge in [0.15, 0.2) is 0 Å². The number of nitrogens with one attached hydrogen (secondary N) is 1. The maximum atomic E-state index is 13.6. The second-order valence-electron chi connectivity index (χ2n) is 9.07. The molecule has 0 atom stereocenters. The first-order valence-corrected chi connectivity index (χ1v) is 12.7. The van der Waals surface area contributed by atoms with E-state index in [-0.39, 0.29) is 12.1 Å². The third-order valence-corrected chi connectivity index (χ3v) is 7.00. The number of halogens is 5. The van der Waals surface area contributed by atoms with Crippen molar-refractivity contribution in [1.29, 1.82) is 0 Å². The fraction of sp³-hybridized carbons (Fsp3) is 0.214. The van der Waals surface area contributed by atoms with Gasteiger partial charge in [-0.25, -0.2) is 9.78 Å². The molecule has 0 fully saturated rings. The first-order valence-electron chi connectivity index (χ1n) is 12.0. The zero-order valence-electron chi connectivity index (χ0n) is 20.1. The van der Waals surface area contributed by atoms with Gasteiger partial charge in [0.2, 0.25) is 0 Å². The number of carbonyl (C=O) groups is 1. The lowest BCUT2D eigenvalue weighted by Gasteiger charge is -2.27. The highest BCUT2D eigenvalue weighted by Gasteiger charge is 2.33. The van der Waals surface area contributed by atoms with Crippen LogP contribution in [0.1, 0.15) is 27.9 Å². The first-order chi connectivity index (χ1) is 18.2. The lowest BCUT2D eigenvalue weighted by molar-refractivity contribution is -0.137. The molecular weight excluding hydrogens is 536 g/mol. The highest BCUT2D eigenvalue weighted by atomic mass is 35.5. The van der Waals surface area contributed by atoms with Crippen LogP contribution >= 0.6 is 23.2 Å². The summed E-state index contributed by atoms with van der Waals surface area (Å²) in [6, 6.07) is 14.0. The van der Waals surface area contributed by atoms with E-state index in [1.165, 1.54) is 16.8 Å². The number of aromatic nitrogens is 2. The summed E-state index contributed by atoms with van der Waals surface area (Å²) in [5.41, 5.74) is 2.80. The first kappa shape index (κ1) is 26.3. The summed E-state index contributed by atoms with van der Waals surface area (Å²) < 4.78 is 42.0. The van der Waals surface area contributed by atoms with Crippen molar-refractivity contribution < 1.29 is 18.0 Å². The Morgan fingerprint density at radius 2 is 1.87 bits per heavy atom. The largest absolute Gasteiger partial charge is 0.416 e. The summed E-state index contributed by atoms with van der Waals surface area (Å²) >= 11 is 11.9. The van der Waals surface area contributed by atoms with Crippen LogP contribution in [0, 0.1) is 0 Å². The molecule has 38 heavy (non-hydrogen) atoms. The van der Waals surface area contributed by atoms with Gasteiger partial charge in [0, 0.05) is 54.9 Å². The average molecular weight is 559 g/mol. The number of amides is 1. The van der Waals surface area contributed by atoms with Gasteiger partial charge in [0.1, 0.15) is 5.15 Å². The molecule has 2 aromatic carbocycles. The van der Waals surface area contributed by atoms with Gasteiger partial charge in [0.05, 0.1) is 11.1 Å². The van der Waals surface area contributed by atoms with Gasteiger partial charge in [-0.2, -0.15) is 13.2 Å². The minimum atomic E-state index is -4.52. The second kappa shape index (κ2) is 10.8. The summed E-state index contributed by atoms with van der Waals surface area (Å²) in [5, 5.41) is 4.42. The molecule has 0 aliphatic carbocycles. The fourth-order valence-corrected chi connectivity index (χ4v) is 5.02. The molecule has 3 heterocycles. The van der Waals surface area contributed by atoms with Crippen LogP contribution in [0.5, 0.6) is 0 Å². The van der Waals surface area contributed by atoms with E-state index in [2.05, 4.69) is 15.2 Å². The normalized spacial score (nSPS) is 14.2. The van der Waals surface area contributed by atoms with Gasteiger partial charge in [0.25, 0.3) is 0 Å². The van der Waals surface area contributed by atoms with E-state index >= 15 is 0 Å². The van der Waals surface area contributed by atoms with E-state index in [1.54, 1.807) is 12.1 Å². The van der Waals surface area contributed by atoms with Gasteiger partial charge < -0.3 is 5.32 Å². The zero-order valence-corrected chi connectivity index (χ0v) is 21.6. The molecule has 5 nitrogen and oxygen atoms in total. The van der Waals surface area contributed by atoms with Crippen LogP contribution in [0.25, 0.3) is 17.0 Å². The summed E-state index contributed by atoms with van der Waals surface area (Å²) in [6.07, 6.45) is 1.58. The molecule has 1 N–H and O–H groups in total. The van der Waals surface area contributed by atoms with E-state index < -0.39 is 17.8 Å². The maximum Gasteiger partial charge on any atom is 0.416 e. The van der Waals surface area contributed by atoms with Crippen LogP contribution in [0.3, 0.4) is 0 Å². The van der Waals surface area contributed by atoms with Gasteiger partial charge >= 0.3 is 12.2 Å². The molecule has 0 unspecified atom stereocenters. The third-order valence-electron chi connectivity index (χ3n) is 6.54. The van der Waals surface area contributed by atoms with Crippen molar-refractivity contribution in [2.75, 3.05) is 13.1 Å². The van der Waals surface area contributed by atoms with Crippen molar-refractivity contribution in [2.24, 2.45) is 0 Å². The molecule has 0 saturated heterocycles. The second-order valence-corrected chi connectivity index (χ2v) is 9.90. The predicted molar refractivity (Wildman–Crippen MR) is 143 cm³/mol. The van der Waals surface area contributed by atoms with Gasteiger partial charge in [-0.05, 0) is 53.1 Å². The fourth-order valence-electron chi connectivity index (χ4n) is 4.70. The van der Waals surface area contributed by atoms with Crippen LogP contribution < -0.4 is 5.32 Å². The van der Waals surface area contributed by atoms with Crippen LogP contribution in [-0.2, 0) is 25.7 Å². The minimum Gasteiger partial charge on any atom is -0.333 e. The lowest BCUT2D eigenvalue weighted by Crippen LogP contribution is -2.34. The molecule has 2 aromatic heterocycles. The molecule has 0 saturated carbocycles. The quantitative estimate of drug-likeness (QED) is 0.264. The molecule has 10 heteroatoms. The number of pyridine rings is 1. The molecule has 1 amide bonds.